The molecule has 0 aromatic carbocycles. The minimum absolute atomic E-state index is 0. The van der Waals surface area contributed by atoms with Crippen LogP contribution in [-0.2, 0) is 86.9 Å². The average Bonchev–Trinajstić information content (AvgIpc) is 1.59. The molecule has 9 rings (SSSR count). The van der Waals surface area contributed by atoms with Crippen LogP contribution in [0.4, 0.5) is 0 Å². The van der Waals surface area contributed by atoms with Crippen molar-refractivity contribution in [2.45, 2.75) is 468 Å². The maximum atomic E-state index is 5.70. The van der Waals surface area contributed by atoms with Crippen LogP contribution in [-0.4, -0.2) is 87.8 Å². The standard InChI is InChI=1S/2C11H20N2.2C11H19NO.2C11H19NS.2C10H19N3.C10H18N2O.CH4/c2*1-10(2,3)8-7-12-9(13-8)11(4,5)6;1-10(2,3)8-7-13-9(12-8)11(4,5)6;1-10(2,3)8-7-12-9(13-8)11(4,5)6;1-10(2,3)8-7-13-9(12-8)11(4,5)6;1-10(2,3)8-7-12-9(13-8)11(4,5)6;1-9(2,3)8-11-7-13(12-8)10(4,5)6;1-9(2,3)8-11-7-12-13(8)10(4,5)6;1-9(2,3)7-8(10(4,5)6)12-13-11-7;/h7H2,1-6H3;7H,1-6H3,(H,12,13);6*7H,1-6H3;1-6H3;1H4. The van der Waals surface area contributed by atoms with Gasteiger partial charge in [-0.1, -0.05) is 350 Å². The van der Waals surface area contributed by atoms with E-state index in [4.69, 9.17) is 13.5 Å². The monoisotopic (exact) mass is 1680 g/mol. The Morgan fingerprint density at radius 1 is 0.398 bits per heavy atom. The fraction of sp³-hybridized carbons (Fsp3) is 0.763. The molecule has 1 N–H and O–H groups in total. The van der Waals surface area contributed by atoms with Gasteiger partial charge in [-0.15, -0.1) is 22.7 Å². The number of hydrogen-bond acceptors (Lipinski definition) is 18. The largest absolute Gasteiger partial charge is 0.448 e. The number of hydrogen-bond donors (Lipinski definition) is 1. The van der Waals surface area contributed by atoms with Crippen LogP contribution in [0.25, 0.3) is 0 Å². The van der Waals surface area contributed by atoms with E-state index in [1.165, 1.54) is 32.0 Å². The highest BCUT2D eigenvalue weighted by Gasteiger charge is 2.34. The van der Waals surface area contributed by atoms with E-state index in [1.54, 1.807) is 30.3 Å². The summed E-state index contributed by atoms with van der Waals surface area (Å²) < 4.78 is 19.8. The summed E-state index contributed by atoms with van der Waals surface area (Å²) in [5, 5.41) is 21.3. The number of nitrogens with zero attached hydrogens (tertiary/aromatic N) is 15. The molecule has 8 aromatic rings. The number of aromatic amines is 1. The molecule has 1 aliphatic heterocycles. The molecule has 8 aromatic heterocycles. The van der Waals surface area contributed by atoms with Gasteiger partial charge in [-0.05, 0) is 47.0 Å². The molecule has 0 amide bonds. The Kier molecular flexibility index (Phi) is 37.7. The number of oxazole rings is 2. The first-order valence-corrected chi connectivity index (χ1v) is 43.9. The molecule has 21 heteroatoms. The van der Waals surface area contributed by atoms with Crippen molar-refractivity contribution in [1.29, 1.82) is 0 Å². The van der Waals surface area contributed by atoms with E-state index >= 15 is 0 Å². The van der Waals surface area contributed by atoms with Gasteiger partial charge in [0, 0.05) is 115 Å². The number of thiazole rings is 2. The minimum atomic E-state index is 0. The van der Waals surface area contributed by atoms with Crippen LogP contribution in [0.15, 0.2) is 66.3 Å². The molecule has 0 saturated heterocycles. The van der Waals surface area contributed by atoms with Gasteiger partial charge in [-0.3, -0.25) is 4.99 Å². The lowest BCUT2D eigenvalue weighted by molar-refractivity contribution is 0.290. The quantitative estimate of drug-likeness (QED) is 0.149. The number of rotatable bonds is 0. The Morgan fingerprint density at radius 3 is 1.12 bits per heavy atom. The number of aromatic nitrogens is 14. The van der Waals surface area contributed by atoms with Crippen molar-refractivity contribution in [2.24, 2.45) is 20.8 Å². The van der Waals surface area contributed by atoms with Crippen LogP contribution in [0.2, 0.25) is 0 Å². The van der Waals surface area contributed by atoms with Gasteiger partial charge >= 0.3 is 0 Å². The lowest BCUT2D eigenvalue weighted by Gasteiger charge is -2.26. The second-order valence-corrected chi connectivity index (χ2v) is 51.7. The predicted octanol–water partition coefficient (Wildman–Crippen LogP) is 27.9. The molecule has 9 heterocycles. The van der Waals surface area contributed by atoms with Crippen molar-refractivity contribution in [1.82, 2.24) is 69.7 Å². The maximum Gasteiger partial charge on any atom is 0.199 e. The summed E-state index contributed by atoms with van der Waals surface area (Å²) in [5.74, 6) is 6.60. The molecule has 674 valence electrons. The van der Waals surface area contributed by atoms with Crippen molar-refractivity contribution in [3.63, 3.8) is 0 Å². The van der Waals surface area contributed by atoms with Crippen LogP contribution in [0.5, 0.6) is 0 Å². The fourth-order valence-electron chi connectivity index (χ4n) is 9.45. The molecule has 0 atom stereocenters. The topological polar surface area (TPSA) is 232 Å². The minimum Gasteiger partial charge on any atom is -0.448 e. The summed E-state index contributed by atoms with van der Waals surface area (Å²) in [4.78, 5) is 44.7. The van der Waals surface area contributed by atoms with Gasteiger partial charge in [0.15, 0.2) is 17.6 Å². The summed E-state index contributed by atoms with van der Waals surface area (Å²) in [6.07, 6.45) is 11.0. The molecule has 0 aliphatic carbocycles. The van der Waals surface area contributed by atoms with Crippen LogP contribution in [0.3, 0.4) is 0 Å². The van der Waals surface area contributed by atoms with Crippen LogP contribution in [0.1, 0.15) is 460 Å². The first kappa shape index (κ1) is 112. The smallest absolute Gasteiger partial charge is 0.199 e. The second kappa shape index (κ2) is 39.9. The summed E-state index contributed by atoms with van der Waals surface area (Å²) >= 11 is 3.61. The third kappa shape index (κ3) is 38.0. The molecule has 1 aliphatic rings. The van der Waals surface area contributed by atoms with E-state index in [9.17, 15) is 0 Å². The van der Waals surface area contributed by atoms with E-state index in [-0.39, 0.29) is 105 Å². The normalized spacial score (nSPS) is 13.8. The summed E-state index contributed by atoms with van der Waals surface area (Å²) in [5.41, 5.74) is 8.17. The molecule has 0 saturated carbocycles. The Morgan fingerprint density at radius 2 is 0.881 bits per heavy atom. The van der Waals surface area contributed by atoms with Gasteiger partial charge in [0.05, 0.1) is 45.2 Å². The lowest BCUT2D eigenvalue weighted by atomic mass is 9.82. The van der Waals surface area contributed by atoms with E-state index in [0.29, 0.717) is 0 Å². The highest BCUT2D eigenvalue weighted by atomic mass is 32.1. The number of imidazole rings is 1. The van der Waals surface area contributed by atoms with Crippen molar-refractivity contribution in [3.8, 4) is 0 Å². The highest BCUT2D eigenvalue weighted by molar-refractivity contribution is 7.12. The Balaban J connectivity index is 0.00000130. The van der Waals surface area contributed by atoms with Crippen molar-refractivity contribution < 1.29 is 13.5 Å². The molecular formula is C97H176N16O3S2. The highest BCUT2D eigenvalue weighted by Crippen LogP contribution is 2.37. The van der Waals surface area contributed by atoms with Crippen molar-refractivity contribution >= 4 is 34.2 Å². The zero-order valence-corrected chi connectivity index (χ0v) is 86.6. The zero-order chi connectivity index (χ0) is 92.5. The number of H-pyrrole nitrogens is 1. The Hall–Kier alpha value is -6.35. The number of aliphatic imine (C=N–C) groups is 2. The van der Waals surface area contributed by atoms with Gasteiger partial charge in [0.2, 0.25) is 0 Å². The molecule has 0 radical (unpaired) electrons. The molecule has 0 spiro atoms. The van der Waals surface area contributed by atoms with Crippen molar-refractivity contribution in [2.75, 3.05) is 6.54 Å². The summed E-state index contributed by atoms with van der Waals surface area (Å²) in [7, 11) is 0. The van der Waals surface area contributed by atoms with Gasteiger partial charge in [0.25, 0.3) is 0 Å². The van der Waals surface area contributed by atoms with E-state index in [0.717, 1.165) is 64.5 Å². The van der Waals surface area contributed by atoms with Crippen LogP contribution < -0.4 is 0 Å². The predicted molar refractivity (Wildman–Crippen MR) is 507 cm³/mol. The zero-order valence-electron chi connectivity index (χ0n) is 85.0. The fourth-order valence-corrected chi connectivity index (χ4v) is 11.6. The molecular weight excluding hydrogens is 1500 g/mol. The molecule has 0 fully saturated rings. The number of amidine groups is 1. The molecule has 118 heavy (non-hydrogen) atoms. The Bertz CT molecular complexity index is 3550. The molecule has 0 bridgehead atoms. The van der Waals surface area contributed by atoms with Crippen LogP contribution in [0, 0.1) is 10.8 Å². The lowest BCUT2D eigenvalue weighted by Crippen LogP contribution is -2.30. The number of nitrogens with one attached hydrogen (secondary N) is 1. The van der Waals surface area contributed by atoms with E-state index in [2.05, 4.69) is 450 Å². The average molecular weight is 1680 g/mol. The first-order valence-electron chi connectivity index (χ1n) is 42.2. The summed E-state index contributed by atoms with van der Waals surface area (Å²) in [6, 6.07) is 0. The van der Waals surface area contributed by atoms with Gasteiger partial charge in [-0.25, -0.2) is 53.9 Å². The van der Waals surface area contributed by atoms with Gasteiger partial charge in [-0.2, -0.15) is 10.2 Å². The first-order chi connectivity index (χ1) is 51.4. The van der Waals surface area contributed by atoms with E-state index < -0.39 is 0 Å². The third-order valence-electron chi connectivity index (χ3n) is 17.5. The molecule has 19 nitrogen and oxygen atoms in total. The second-order valence-electron chi connectivity index (χ2n) is 49.8. The SMILES string of the molecule is C.CC(C)(C)C1=NC(C(C)(C)C)=NC1.CC(C)(C)c1cnc(C(C)(C)C)[nH]1.CC(C)(C)c1cnc(C(C)(C)C)o1.CC(C)(C)c1cnc(C(C)(C)C)s1.CC(C)(C)c1coc(C(C)(C)C)n1.CC(C)(C)c1csc(C(C)(C)C)n1.CC(C)(C)c1ncn(C(C)(C)C)n1.CC(C)(C)c1ncnn1C(C)(C)C.CC(C)(C)c1nonc1C(C)(C)C. The summed E-state index contributed by atoms with van der Waals surface area (Å²) in [6.45, 7) is 117. The van der Waals surface area contributed by atoms with Crippen molar-refractivity contribution in [3.05, 3.63) is 121 Å². The van der Waals surface area contributed by atoms with E-state index in [1.807, 2.05) is 39.3 Å². The van der Waals surface area contributed by atoms with Gasteiger partial charge < -0.3 is 13.8 Å². The maximum absolute atomic E-state index is 5.70. The van der Waals surface area contributed by atoms with Gasteiger partial charge in [0.1, 0.15) is 53.6 Å². The molecule has 0 unspecified atom stereocenters. The third-order valence-corrected chi connectivity index (χ3v) is 20.6. The Labute approximate surface area is 729 Å². The van der Waals surface area contributed by atoms with Crippen LogP contribution >= 0.6 is 22.7 Å².